The Kier molecular flexibility index (Phi) is 6.04. The van der Waals surface area contributed by atoms with Crippen molar-refractivity contribution >= 4 is 11.9 Å². The second-order valence-electron chi connectivity index (χ2n) is 6.70. The lowest BCUT2D eigenvalue weighted by Gasteiger charge is -2.33. The van der Waals surface area contributed by atoms with Gasteiger partial charge in [-0.25, -0.2) is 4.79 Å². The van der Waals surface area contributed by atoms with E-state index in [2.05, 4.69) is 0 Å². The molecule has 1 amide bonds. The zero-order valence-corrected chi connectivity index (χ0v) is 14.4. The number of carbonyl (C=O) groups excluding carboxylic acids is 1. The Balaban J connectivity index is 1.47. The molecule has 0 radical (unpaired) electrons. The van der Waals surface area contributed by atoms with E-state index in [1.54, 1.807) is 17.0 Å². The van der Waals surface area contributed by atoms with Crippen LogP contribution in [0.2, 0.25) is 0 Å². The molecule has 0 bridgehead atoms. The fourth-order valence-corrected chi connectivity index (χ4v) is 3.38. The first kappa shape index (κ1) is 17.9. The highest BCUT2D eigenvalue weighted by Gasteiger charge is 2.25. The first-order chi connectivity index (χ1) is 12.1. The summed E-state index contributed by atoms with van der Waals surface area (Å²) in [6.45, 7) is 2.73. The van der Waals surface area contributed by atoms with Crippen molar-refractivity contribution in [3.05, 3.63) is 35.4 Å². The minimum Gasteiger partial charge on any atom is -0.478 e. The van der Waals surface area contributed by atoms with Crippen LogP contribution in [0, 0.1) is 0 Å². The molecule has 2 saturated heterocycles. The van der Waals surface area contributed by atoms with Gasteiger partial charge >= 0.3 is 5.97 Å². The Morgan fingerprint density at radius 1 is 1.16 bits per heavy atom. The van der Waals surface area contributed by atoms with E-state index in [0.717, 1.165) is 32.3 Å². The van der Waals surface area contributed by atoms with Crippen LogP contribution in [0.5, 0.6) is 0 Å². The molecule has 0 spiro atoms. The molecular weight excluding hydrogens is 322 g/mol. The first-order valence-corrected chi connectivity index (χ1v) is 8.99. The van der Waals surface area contributed by atoms with Gasteiger partial charge in [0.15, 0.2) is 0 Å². The minimum atomic E-state index is -1.02. The van der Waals surface area contributed by atoms with Gasteiger partial charge in [0, 0.05) is 25.3 Å². The quantitative estimate of drug-likeness (QED) is 0.886. The third-order valence-electron chi connectivity index (χ3n) is 4.88. The van der Waals surface area contributed by atoms with Gasteiger partial charge in [-0.2, -0.15) is 0 Å². The molecule has 6 nitrogen and oxygen atoms in total. The van der Waals surface area contributed by atoms with Gasteiger partial charge in [0.05, 0.1) is 24.4 Å². The molecule has 0 aromatic heterocycles. The summed E-state index contributed by atoms with van der Waals surface area (Å²) in [7, 11) is 0. The van der Waals surface area contributed by atoms with E-state index in [-0.39, 0.29) is 23.7 Å². The largest absolute Gasteiger partial charge is 0.478 e. The normalized spacial score (nSPS) is 21.9. The number of hydrogen-bond acceptors (Lipinski definition) is 4. The van der Waals surface area contributed by atoms with E-state index in [0.29, 0.717) is 25.3 Å². The molecule has 25 heavy (non-hydrogen) atoms. The number of carboxylic acid groups (broad SMARTS) is 1. The van der Waals surface area contributed by atoms with E-state index in [1.807, 2.05) is 0 Å². The molecule has 6 heteroatoms. The molecule has 3 rings (SSSR count). The van der Waals surface area contributed by atoms with Crippen molar-refractivity contribution in [2.75, 3.05) is 26.3 Å². The third-order valence-corrected chi connectivity index (χ3v) is 4.88. The van der Waals surface area contributed by atoms with Gasteiger partial charge in [-0.15, -0.1) is 0 Å². The van der Waals surface area contributed by atoms with Crippen LogP contribution in [0.1, 0.15) is 52.8 Å². The highest BCUT2D eigenvalue weighted by Crippen LogP contribution is 2.19. The highest BCUT2D eigenvalue weighted by atomic mass is 16.5. The number of rotatable bonds is 5. The van der Waals surface area contributed by atoms with Gasteiger partial charge in [0.2, 0.25) is 0 Å². The summed E-state index contributed by atoms with van der Waals surface area (Å²) in [5, 5.41) is 9.05. The van der Waals surface area contributed by atoms with Crippen LogP contribution in [0.3, 0.4) is 0 Å². The molecule has 0 aliphatic carbocycles. The van der Waals surface area contributed by atoms with Crippen molar-refractivity contribution in [1.29, 1.82) is 0 Å². The Labute approximate surface area is 147 Å². The fourth-order valence-electron chi connectivity index (χ4n) is 3.38. The molecule has 1 N–H and O–H groups in total. The van der Waals surface area contributed by atoms with Crippen LogP contribution in [-0.4, -0.2) is 60.4 Å². The van der Waals surface area contributed by atoms with E-state index < -0.39 is 5.97 Å². The van der Waals surface area contributed by atoms with Crippen molar-refractivity contribution in [3.8, 4) is 0 Å². The topological polar surface area (TPSA) is 76.1 Å². The van der Waals surface area contributed by atoms with Crippen LogP contribution in [-0.2, 0) is 9.47 Å². The van der Waals surface area contributed by atoms with Gasteiger partial charge in [0.1, 0.15) is 0 Å². The summed E-state index contributed by atoms with van der Waals surface area (Å²) in [6, 6.07) is 6.20. The van der Waals surface area contributed by atoms with Gasteiger partial charge in [0.25, 0.3) is 5.91 Å². The maximum atomic E-state index is 12.6. The van der Waals surface area contributed by atoms with Crippen molar-refractivity contribution in [2.45, 2.75) is 44.3 Å². The van der Waals surface area contributed by atoms with Crippen LogP contribution in [0.15, 0.2) is 24.3 Å². The molecule has 1 unspecified atom stereocenters. The number of benzene rings is 1. The number of nitrogens with zero attached hydrogens (tertiary/aromatic N) is 1. The van der Waals surface area contributed by atoms with Crippen molar-refractivity contribution in [3.63, 3.8) is 0 Å². The molecule has 2 fully saturated rings. The molecule has 1 atom stereocenters. The molecule has 2 aliphatic rings. The number of hydrogen-bond donors (Lipinski definition) is 1. The summed E-state index contributed by atoms with van der Waals surface area (Å²) < 4.78 is 11.6. The third kappa shape index (κ3) is 4.80. The van der Waals surface area contributed by atoms with E-state index >= 15 is 0 Å². The van der Waals surface area contributed by atoms with Crippen molar-refractivity contribution < 1.29 is 24.2 Å². The number of piperidine rings is 1. The second-order valence-corrected chi connectivity index (χ2v) is 6.70. The van der Waals surface area contributed by atoms with Crippen LogP contribution < -0.4 is 0 Å². The number of ether oxygens (including phenoxy) is 2. The molecule has 2 heterocycles. The Bertz CT molecular complexity index is 604. The van der Waals surface area contributed by atoms with Crippen molar-refractivity contribution in [1.82, 2.24) is 4.90 Å². The number of carbonyl (C=O) groups is 2. The van der Waals surface area contributed by atoms with E-state index in [9.17, 15) is 9.59 Å². The maximum Gasteiger partial charge on any atom is 0.335 e. The fraction of sp³-hybridized carbons (Fsp3) is 0.579. The number of amides is 1. The average Bonchev–Trinajstić information content (AvgIpc) is 2.67. The first-order valence-electron chi connectivity index (χ1n) is 8.99. The zero-order valence-electron chi connectivity index (χ0n) is 14.4. The predicted molar refractivity (Wildman–Crippen MR) is 91.9 cm³/mol. The minimum absolute atomic E-state index is 0.114. The molecule has 136 valence electrons. The van der Waals surface area contributed by atoms with Crippen molar-refractivity contribution in [2.24, 2.45) is 0 Å². The lowest BCUT2D eigenvalue weighted by atomic mass is 10.0. The summed E-state index contributed by atoms with van der Waals surface area (Å²) >= 11 is 0. The predicted octanol–water partition coefficient (Wildman–Crippen LogP) is 2.58. The monoisotopic (exact) mass is 347 g/mol. The van der Waals surface area contributed by atoms with Gasteiger partial charge < -0.3 is 19.5 Å². The smallest absolute Gasteiger partial charge is 0.335 e. The summed E-state index contributed by atoms with van der Waals surface area (Å²) in [5.41, 5.74) is 0.562. The van der Waals surface area contributed by atoms with E-state index in [4.69, 9.17) is 14.6 Å². The Hall–Kier alpha value is -1.92. The summed E-state index contributed by atoms with van der Waals surface area (Å²) in [4.78, 5) is 25.4. The highest BCUT2D eigenvalue weighted by molar-refractivity contribution is 5.97. The van der Waals surface area contributed by atoms with Crippen LogP contribution in [0.4, 0.5) is 0 Å². The van der Waals surface area contributed by atoms with Crippen LogP contribution in [0.25, 0.3) is 0 Å². The summed E-state index contributed by atoms with van der Waals surface area (Å²) in [6.07, 6.45) is 5.40. The maximum absolute atomic E-state index is 12.6. The number of aromatic carboxylic acids is 1. The van der Waals surface area contributed by atoms with Crippen LogP contribution >= 0.6 is 0 Å². The van der Waals surface area contributed by atoms with E-state index in [1.165, 1.54) is 18.6 Å². The summed E-state index contributed by atoms with van der Waals surface area (Å²) in [5.74, 6) is -1.14. The molecule has 1 aromatic carbocycles. The van der Waals surface area contributed by atoms with Gasteiger partial charge in [-0.1, -0.05) is 6.07 Å². The SMILES string of the molecule is O=C(O)c1cccc(C(=O)N2CCC(OCC3CCCCO3)CC2)c1. The molecule has 1 aromatic rings. The average molecular weight is 347 g/mol. The standard InChI is InChI=1S/C19H25NO5/c21-18(14-4-3-5-15(12-14)19(22)23)20-9-7-16(8-10-20)25-13-17-6-1-2-11-24-17/h3-5,12,16-17H,1-2,6-11,13H2,(H,22,23). The van der Waals surface area contributed by atoms with Gasteiger partial charge in [-0.3, -0.25) is 4.79 Å². The Morgan fingerprint density at radius 2 is 1.92 bits per heavy atom. The number of carboxylic acids is 1. The Morgan fingerprint density at radius 3 is 2.60 bits per heavy atom. The van der Waals surface area contributed by atoms with Gasteiger partial charge in [-0.05, 0) is 50.3 Å². The lowest BCUT2D eigenvalue weighted by Crippen LogP contribution is -2.41. The second kappa shape index (κ2) is 8.45. The molecular formula is C19H25NO5. The number of likely N-dealkylation sites (tertiary alicyclic amines) is 1. The molecule has 0 saturated carbocycles. The zero-order chi connectivity index (χ0) is 17.6. The lowest BCUT2D eigenvalue weighted by molar-refractivity contribution is -0.0733. The molecule has 2 aliphatic heterocycles.